The molecule has 0 saturated carbocycles. The minimum atomic E-state index is -0.0593. The lowest BCUT2D eigenvalue weighted by Crippen LogP contribution is -2.32. The van der Waals surface area contributed by atoms with E-state index in [1.54, 1.807) is 27.5 Å². The zero-order valence-electron chi connectivity index (χ0n) is 14.3. The fraction of sp³-hybridized carbons (Fsp3) is 0.389. The van der Waals surface area contributed by atoms with Crippen molar-refractivity contribution < 1.29 is 0 Å². The summed E-state index contributed by atoms with van der Waals surface area (Å²) < 4.78 is 3.44. The molecule has 3 aromatic heterocycles. The molecule has 126 valence electrons. The molecule has 0 aliphatic carbocycles. The number of rotatable bonds is 5. The summed E-state index contributed by atoms with van der Waals surface area (Å²) in [4.78, 5) is 16.6. The molecule has 6 nitrogen and oxygen atoms in total. The summed E-state index contributed by atoms with van der Waals surface area (Å²) in [6.07, 6.45) is 4.47. The highest BCUT2D eigenvalue weighted by Gasteiger charge is 2.09. The number of aryl methyl sites for hydroxylation is 1. The minimum absolute atomic E-state index is 0.0170. The number of fused-ring (bicyclic) bond motifs is 1. The van der Waals surface area contributed by atoms with Crippen LogP contribution in [-0.4, -0.2) is 25.2 Å². The monoisotopic (exact) mass is 325 g/mol. The molecule has 1 atom stereocenters. The van der Waals surface area contributed by atoms with Gasteiger partial charge in [-0.2, -0.15) is 5.10 Å². The number of aromatic nitrogens is 4. The summed E-state index contributed by atoms with van der Waals surface area (Å²) in [5.41, 5.74) is 9.35. The van der Waals surface area contributed by atoms with Crippen LogP contribution in [0.15, 0.2) is 41.5 Å². The number of hydrogen-bond donors (Lipinski definition) is 1. The van der Waals surface area contributed by atoms with Crippen molar-refractivity contribution >= 4 is 5.65 Å². The van der Waals surface area contributed by atoms with E-state index < -0.39 is 0 Å². The zero-order valence-corrected chi connectivity index (χ0v) is 14.3. The van der Waals surface area contributed by atoms with E-state index in [0.717, 1.165) is 29.0 Å². The topological polar surface area (TPSA) is 78.2 Å². The van der Waals surface area contributed by atoms with E-state index in [2.05, 4.69) is 23.9 Å². The van der Waals surface area contributed by atoms with E-state index in [0.29, 0.717) is 12.5 Å². The highest BCUT2D eigenvalue weighted by Crippen LogP contribution is 2.16. The van der Waals surface area contributed by atoms with Gasteiger partial charge < -0.3 is 10.3 Å². The van der Waals surface area contributed by atoms with Crippen molar-refractivity contribution in [3.63, 3.8) is 0 Å². The van der Waals surface area contributed by atoms with Crippen molar-refractivity contribution in [2.45, 2.75) is 39.8 Å². The first-order valence-electron chi connectivity index (χ1n) is 8.22. The van der Waals surface area contributed by atoms with E-state index >= 15 is 0 Å². The Morgan fingerprint density at radius 3 is 2.75 bits per heavy atom. The lowest BCUT2D eigenvalue weighted by Gasteiger charge is -2.15. The fourth-order valence-electron chi connectivity index (χ4n) is 2.89. The van der Waals surface area contributed by atoms with Gasteiger partial charge in [0.25, 0.3) is 5.56 Å². The Morgan fingerprint density at radius 1 is 1.25 bits per heavy atom. The van der Waals surface area contributed by atoms with Crippen LogP contribution in [0.25, 0.3) is 16.9 Å². The highest BCUT2D eigenvalue weighted by atomic mass is 16.1. The second-order valence-corrected chi connectivity index (χ2v) is 6.68. The van der Waals surface area contributed by atoms with E-state index in [1.807, 2.05) is 25.1 Å². The third kappa shape index (κ3) is 3.38. The summed E-state index contributed by atoms with van der Waals surface area (Å²) in [5.74, 6) is 0.518. The Balaban J connectivity index is 1.88. The molecule has 0 bridgehead atoms. The number of hydrogen-bond acceptors (Lipinski definition) is 4. The number of imidazole rings is 1. The van der Waals surface area contributed by atoms with Gasteiger partial charge in [-0.15, -0.1) is 0 Å². The van der Waals surface area contributed by atoms with Gasteiger partial charge in [-0.1, -0.05) is 13.8 Å². The molecule has 24 heavy (non-hydrogen) atoms. The van der Waals surface area contributed by atoms with Crippen molar-refractivity contribution in [1.29, 1.82) is 0 Å². The van der Waals surface area contributed by atoms with Gasteiger partial charge in [0.1, 0.15) is 0 Å². The first-order chi connectivity index (χ1) is 11.4. The molecule has 0 fully saturated rings. The molecule has 0 aliphatic heterocycles. The van der Waals surface area contributed by atoms with Crippen molar-refractivity contribution in [2.24, 2.45) is 11.7 Å². The van der Waals surface area contributed by atoms with E-state index in [4.69, 9.17) is 5.73 Å². The number of pyridine rings is 1. The average molecular weight is 325 g/mol. The van der Waals surface area contributed by atoms with Gasteiger partial charge in [0, 0.05) is 30.4 Å². The van der Waals surface area contributed by atoms with Gasteiger partial charge in [0.2, 0.25) is 0 Å². The Hall–Kier alpha value is -2.47. The summed E-state index contributed by atoms with van der Waals surface area (Å²) in [5, 5.41) is 4.56. The van der Waals surface area contributed by atoms with Crippen LogP contribution in [-0.2, 0) is 6.54 Å². The molecule has 0 radical (unpaired) electrons. The van der Waals surface area contributed by atoms with Crippen LogP contribution in [0.2, 0.25) is 0 Å². The highest BCUT2D eigenvalue weighted by molar-refractivity contribution is 5.59. The molecule has 6 heteroatoms. The summed E-state index contributed by atoms with van der Waals surface area (Å²) >= 11 is 0. The quantitative estimate of drug-likeness (QED) is 0.780. The third-order valence-corrected chi connectivity index (χ3v) is 4.03. The molecule has 0 aliphatic rings. The van der Waals surface area contributed by atoms with Gasteiger partial charge >= 0.3 is 0 Å². The van der Waals surface area contributed by atoms with Gasteiger partial charge in [-0.25, -0.2) is 9.50 Å². The third-order valence-electron chi connectivity index (χ3n) is 4.03. The first-order valence-corrected chi connectivity index (χ1v) is 8.22. The maximum absolute atomic E-state index is 12.4. The molecule has 0 spiro atoms. The maximum Gasteiger partial charge on any atom is 0.251 e. The lowest BCUT2D eigenvalue weighted by molar-refractivity contribution is 0.442. The molecule has 3 rings (SSSR count). The predicted octanol–water partition coefficient (Wildman–Crippen LogP) is 2.24. The Labute approximate surface area is 141 Å². The lowest BCUT2D eigenvalue weighted by atomic mass is 10.0. The first kappa shape index (κ1) is 16.4. The van der Waals surface area contributed by atoms with Crippen LogP contribution in [0.1, 0.15) is 26.0 Å². The second kappa shape index (κ2) is 6.57. The van der Waals surface area contributed by atoms with Crippen LogP contribution < -0.4 is 11.3 Å². The molecule has 3 aromatic rings. The second-order valence-electron chi connectivity index (χ2n) is 6.68. The van der Waals surface area contributed by atoms with Crippen LogP contribution in [0, 0.1) is 12.8 Å². The molecule has 3 heterocycles. The Kier molecular flexibility index (Phi) is 4.49. The number of nitrogens with two attached hydrogens (primary N) is 1. The van der Waals surface area contributed by atoms with Crippen LogP contribution >= 0.6 is 0 Å². The van der Waals surface area contributed by atoms with Crippen molar-refractivity contribution in [2.75, 3.05) is 0 Å². The molecule has 1 unspecified atom stereocenters. The van der Waals surface area contributed by atoms with E-state index in [9.17, 15) is 4.79 Å². The summed E-state index contributed by atoms with van der Waals surface area (Å²) in [6.45, 7) is 6.74. The van der Waals surface area contributed by atoms with Crippen LogP contribution in [0.5, 0.6) is 0 Å². The minimum Gasteiger partial charge on any atom is -0.326 e. The largest absolute Gasteiger partial charge is 0.326 e. The normalized spacial score (nSPS) is 12.9. The predicted molar refractivity (Wildman–Crippen MR) is 94.9 cm³/mol. The molecular weight excluding hydrogens is 302 g/mol. The van der Waals surface area contributed by atoms with Gasteiger partial charge in [0.15, 0.2) is 5.65 Å². The average Bonchev–Trinajstić information content (AvgIpc) is 2.89. The van der Waals surface area contributed by atoms with Gasteiger partial charge in [-0.05, 0) is 37.5 Å². The fourth-order valence-corrected chi connectivity index (χ4v) is 2.89. The molecule has 0 amide bonds. The maximum atomic E-state index is 12.4. The standard InChI is InChI=1S/C18H23N5O/c1-12(2)8-15(19)11-22-7-6-14(9-18(22)24)16-4-5-17-20-10-13(3)23(17)21-16/h4-7,9-10,12,15H,8,11,19H2,1-3H3. The Bertz CT molecular complexity index is 909. The van der Waals surface area contributed by atoms with Crippen molar-refractivity contribution in [1.82, 2.24) is 19.2 Å². The Morgan fingerprint density at radius 2 is 2.04 bits per heavy atom. The summed E-state index contributed by atoms with van der Waals surface area (Å²) in [7, 11) is 0. The van der Waals surface area contributed by atoms with Crippen molar-refractivity contribution in [3.05, 3.63) is 52.7 Å². The van der Waals surface area contributed by atoms with Gasteiger partial charge in [-0.3, -0.25) is 4.79 Å². The molecule has 0 aromatic carbocycles. The smallest absolute Gasteiger partial charge is 0.251 e. The van der Waals surface area contributed by atoms with Crippen LogP contribution in [0.4, 0.5) is 0 Å². The van der Waals surface area contributed by atoms with Crippen LogP contribution in [0.3, 0.4) is 0 Å². The zero-order chi connectivity index (χ0) is 17.3. The molecule has 0 saturated heterocycles. The molecular formula is C18H23N5O. The van der Waals surface area contributed by atoms with Gasteiger partial charge in [0.05, 0.1) is 17.6 Å². The summed E-state index contributed by atoms with van der Waals surface area (Å²) in [6, 6.07) is 7.29. The van der Waals surface area contributed by atoms with E-state index in [1.165, 1.54) is 0 Å². The van der Waals surface area contributed by atoms with Crippen molar-refractivity contribution in [3.8, 4) is 11.3 Å². The van der Waals surface area contributed by atoms with E-state index in [-0.39, 0.29) is 11.6 Å². The SMILES string of the molecule is Cc1cnc2ccc(-c3ccn(CC(N)CC(C)C)c(=O)c3)nn12. The molecule has 2 N–H and O–H groups in total. The number of nitrogens with zero attached hydrogens (tertiary/aromatic N) is 4.